The monoisotopic (exact) mass is 234 g/mol. The van der Waals surface area contributed by atoms with Crippen LogP contribution in [0, 0.1) is 0 Å². The number of unbranched alkanes of at least 4 members (excludes halogenated alkanes) is 2. The molecule has 0 fully saturated rings. The Bertz CT molecular complexity index is 129. The van der Waals surface area contributed by atoms with Gasteiger partial charge in [0.2, 0.25) is 0 Å². The van der Waals surface area contributed by atoms with Gasteiger partial charge in [-0.05, 0) is 31.9 Å². The van der Waals surface area contributed by atoms with Crippen molar-refractivity contribution in [3.8, 4) is 0 Å². The van der Waals surface area contributed by atoms with Gasteiger partial charge in [-0.15, -0.1) is 0 Å². The normalized spacial score (nSPS) is 15.2. The van der Waals surface area contributed by atoms with E-state index in [1.165, 1.54) is 12.8 Å². The summed E-state index contributed by atoms with van der Waals surface area (Å²) >= 11 is 1.80. The van der Waals surface area contributed by atoms with Crippen LogP contribution in [-0.2, 0) is 0 Å². The molecule has 2 unspecified atom stereocenters. The first-order chi connectivity index (χ1) is 7.16. The maximum absolute atomic E-state index is 9.61. The maximum Gasteiger partial charge on any atom is 0.0630 e. The minimum atomic E-state index is -0.180. The highest BCUT2D eigenvalue weighted by Crippen LogP contribution is 2.12. The van der Waals surface area contributed by atoms with Gasteiger partial charge in [-0.2, -0.15) is 11.8 Å². The smallest absolute Gasteiger partial charge is 0.0630 e. The summed E-state index contributed by atoms with van der Waals surface area (Å²) in [6.45, 7) is 4.00. The zero-order valence-corrected chi connectivity index (χ0v) is 10.9. The molecule has 0 aromatic rings. The second kappa shape index (κ2) is 10.8. The van der Waals surface area contributed by atoms with E-state index in [0.29, 0.717) is 0 Å². The van der Waals surface area contributed by atoms with Crippen LogP contribution in [0.2, 0.25) is 0 Å². The van der Waals surface area contributed by atoms with Gasteiger partial charge in [0.05, 0.1) is 12.2 Å². The molecule has 0 aromatic heterocycles. The van der Waals surface area contributed by atoms with E-state index < -0.39 is 0 Å². The number of hydrogen-bond acceptors (Lipinski definition) is 3. The molecule has 0 bridgehead atoms. The lowest BCUT2D eigenvalue weighted by molar-refractivity contribution is 0.183. The Balaban J connectivity index is 3.13. The first-order valence-corrected chi connectivity index (χ1v) is 7.26. The molecule has 0 heterocycles. The summed E-state index contributed by atoms with van der Waals surface area (Å²) < 4.78 is 0. The van der Waals surface area contributed by atoms with Gasteiger partial charge in [-0.25, -0.2) is 0 Å². The molecule has 2 nitrogen and oxygen atoms in total. The SMILES string of the molecule is CCCCCC(O)CSCCCC(C)O. The minimum Gasteiger partial charge on any atom is -0.393 e. The molecule has 2 atom stereocenters. The minimum absolute atomic E-state index is 0.131. The Labute approximate surface area is 98.5 Å². The highest BCUT2D eigenvalue weighted by molar-refractivity contribution is 7.99. The third-order valence-corrected chi connectivity index (χ3v) is 3.56. The van der Waals surface area contributed by atoms with E-state index in [9.17, 15) is 5.11 Å². The lowest BCUT2D eigenvalue weighted by atomic mass is 10.1. The summed E-state index contributed by atoms with van der Waals surface area (Å²) in [4.78, 5) is 0. The summed E-state index contributed by atoms with van der Waals surface area (Å²) in [5.74, 6) is 1.90. The largest absolute Gasteiger partial charge is 0.393 e. The summed E-state index contributed by atoms with van der Waals surface area (Å²) in [7, 11) is 0. The van der Waals surface area contributed by atoms with Gasteiger partial charge in [-0.1, -0.05) is 26.2 Å². The van der Waals surface area contributed by atoms with E-state index in [2.05, 4.69) is 6.92 Å². The Hall–Kier alpha value is 0.270. The van der Waals surface area contributed by atoms with Crippen molar-refractivity contribution in [3.63, 3.8) is 0 Å². The summed E-state index contributed by atoms with van der Waals surface area (Å²) in [6.07, 6.45) is 6.14. The molecular formula is C12H26O2S. The van der Waals surface area contributed by atoms with Gasteiger partial charge in [0.25, 0.3) is 0 Å². The zero-order valence-electron chi connectivity index (χ0n) is 10.1. The molecular weight excluding hydrogens is 208 g/mol. The number of aliphatic hydroxyl groups is 2. The molecule has 0 amide bonds. The number of aliphatic hydroxyl groups excluding tert-OH is 2. The predicted molar refractivity (Wildman–Crippen MR) is 68.4 cm³/mol. The molecule has 2 N–H and O–H groups in total. The molecule has 3 heteroatoms. The fourth-order valence-electron chi connectivity index (χ4n) is 1.41. The second-order valence-electron chi connectivity index (χ2n) is 4.22. The first kappa shape index (κ1) is 15.3. The van der Waals surface area contributed by atoms with Gasteiger partial charge in [0.1, 0.15) is 0 Å². The summed E-state index contributed by atoms with van der Waals surface area (Å²) in [6, 6.07) is 0. The fraction of sp³-hybridized carbons (Fsp3) is 1.00. The Morgan fingerprint density at radius 1 is 1.07 bits per heavy atom. The van der Waals surface area contributed by atoms with Crippen molar-refractivity contribution in [1.29, 1.82) is 0 Å². The molecule has 0 aliphatic carbocycles. The molecule has 0 saturated heterocycles. The van der Waals surface area contributed by atoms with Crippen molar-refractivity contribution >= 4 is 11.8 Å². The fourth-order valence-corrected chi connectivity index (χ4v) is 2.39. The van der Waals surface area contributed by atoms with Crippen LogP contribution in [0.5, 0.6) is 0 Å². The van der Waals surface area contributed by atoms with E-state index in [1.807, 2.05) is 6.92 Å². The van der Waals surface area contributed by atoms with E-state index in [4.69, 9.17) is 5.11 Å². The van der Waals surface area contributed by atoms with Crippen LogP contribution in [0.1, 0.15) is 52.4 Å². The molecule has 0 saturated carbocycles. The molecule has 92 valence electrons. The van der Waals surface area contributed by atoms with Gasteiger partial charge in [-0.3, -0.25) is 0 Å². The van der Waals surface area contributed by atoms with Gasteiger partial charge in [0.15, 0.2) is 0 Å². The van der Waals surface area contributed by atoms with Crippen LogP contribution in [0.15, 0.2) is 0 Å². The van der Waals surface area contributed by atoms with Crippen LogP contribution >= 0.6 is 11.8 Å². The van der Waals surface area contributed by atoms with Crippen LogP contribution in [0.25, 0.3) is 0 Å². The van der Waals surface area contributed by atoms with E-state index >= 15 is 0 Å². The van der Waals surface area contributed by atoms with E-state index in [-0.39, 0.29) is 12.2 Å². The van der Waals surface area contributed by atoms with Gasteiger partial charge < -0.3 is 10.2 Å². The quantitative estimate of drug-likeness (QED) is 0.571. The van der Waals surface area contributed by atoms with Crippen molar-refractivity contribution in [2.24, 2.45) is 0 Å². The lowest BCUT2D eigenvalue weighted by Crippen LogP contribution is -2.10. The van der Waals surface area contributed by atoms with Gasteiger partial charge in [0, 0.05) is 5.75 Å². The number of rotatable bonds is 10. The van der Waals surface area contributed by atoms with Crippen molar-refractivity contribution in [1.82, 2.24) is 0 Å². The van der Waals surface area contributed by atoms with Crippen LogP contribution < -0.4 is 0 Å². The molecule has 0 radical (unpaired) electrons. The Morgan fingerprint density at radius 3 is 2.40 bits per heavy atom. The number of hydrogen-bond donors (Lipinski definition) is 2. The topological polar surface area (TPSA) is 40.5 Å². The lowest BCUT2D eigenvalue weighted by Gasteiger charge is -2.09. The zero-order chi connectivity index (χ0) is 11.5. The maximum atomic E-state index is 9.61. The van der Waals surface area contributed by atoms with Crippen molar-refractivity contribution in [3.05, 3.63) is 0 Å². The highest BCUT2D eigenvalue weighted by atomic mass is 32.2. The van der Waals surface area contributed by atoms with E-state index in [1.54, 1.807) is 11.8 Å². The molecule has 0 spiro atoms. The molecule has 15 heavy (non-hydrogen) atoms. The van der Waals surface area contributed by atoms with E-state index in [0.717, 1.165) is 37.2 Å². The van der Waals surface area contributed by atoms with Crippen molar-refractivity contribution < 1.29 is 10.2 Å². The third kappa shape index (κ3) is 12.2. The van der Waals surface area contributed by atoms with Crippen LogP contribution in [0.3, 0.4) is 0 Å². The third-order valence-electron chi connectivity index (χ3n) is 2.36. The average molecular weight is 234 g/mol. The first-order valence-electron chi connectivity index (χ1n) is 6.10. The second-order valence-corrected chi connectivity index (χ2v) is 5.37. The molecule has 0 aliphatic heterocycles. The Kier molecular flexibility index (Phi) is 11.0. The highest BCUT2D eigenvalue weighted by Gasteiger charge is 2.03. The Morgan fingerprint density at radius 2 is 1.80 bits per heavy atom. The molecule has 0 aromatic carbocycles. The summed E-state index contributed by atoms with van der Waals surface area (Å²) in [5.41, 5.74) is 0. The average Bonchev–Trinajstić information content (AvgIpc) is 2.17. The van der Waals surface area contributed by atoms with Gasteiger partial charge >= 0.3 is 0 Å². The van der Waals surface area contributed by atoms with Crippen LogP contribution in [0.4, 0.5) is 0 Å². The van der Waals surface area contributed by atoms with Crippen molar-refractivity contribution in [2.45, 2.75) is 64.6 Å². The number of thioether (sulfide) groups is 1. The molecule has 0 aliphatic rings. The van der Waals surface area contributed by atoms with Crippen molar-refractivity contribution in [2.75, 3.05) is 11.5 Å². The van der Waals surface area contributed by atoms with Crippen LogP contribution in [-0.4, -0.2) is 33.9 Å². The summed E-state index contributed by atoms with van der Waals surface area (Å²) in [5, 5.41) is 18.7. The standard InChI is InChI=1S/C12H26O2S/c1-3-4-5-8-12(14)10-15-9-6-7-11(2)13/h11-14H,3-10H2,1-2H3. The molecule has 0 rings (SSSR count). The predicted octanol–water partition coefficient (Wildman–Crippen LogP) is 2.82.